The number of aryl methyl sites for hydroxylation is 1. The molecule has 2 aromatic carbocycles. The van der Waals surface area contributed by atoms with Crippen LogP contribution in [0.1, 0.15) is 30.7 Å². The minimum absolute atomic E-state index is 0.170. The van der Waals surface area contributed by atoms with E-state index in [2.05, 4.69) is 28.4 Å². The third-order valence-corrected chi connectivity index (χ3v) is 5.60. The summed E-state index contributed by atoms with van der Waals surface area (Å²) in [6, 6.07) is 18.3. The fourth-order valence-corrected chi connectivity index (χ4v) is 4.02. The van der Waals surface area contributed by atoms with Gasteiger partial charge in [-0.1, -0.05) is 36.4 Å². The average Bonchev–Trinajstić information content (AvgIpc) is 3.18. The number of nitrogens with zero attached hydrogens (tertiary/aromatic N) is 4. The zero-order chi connectivity index (χ0) is 17.6. The zero-order valence-electron chi connectivity index (χ0n) is 14.5. The Hall–Kier alpha value is -2.95. The number of carbonyl (C=O) groups excluding carboxylic acids is 1. The Morgan fingerprint density at radius 2 is 1.81 bits per heavy atom. The molecule has 5 rings (SSSR count). The van der Waals surface area contributed by atoms with E-state index in [9.17, 15) is 4.79 Å². The first kappa shape index (κ1) is 15.3. The monoisotopic (exact) mass is 344 g/mol. The van der Waals surface area contributed by atoms with Gasteiger partial charge in [-0.25, -0.2) is 0 Å². The van der Waals surface area contributed by atoms with E-state index in [1.165, 1.54) is 18.4 Å². The summed E-state index contributed by atoms with van der Waals surface area (Å²) in [6.45, 7) is 0.830. The molecule has 5 nitrogen and oxygen atoms in total. The summed E-state index contributed by atoms with van der Waals surface area (Å²) < 4.78 is 1.95. The van der Waals surface area contributed by atoms with Crippen LogP contribution in [0.5, 0.6) is 0 Å². The predicted molar refractivity (Wildman–Crippen MR) is 99.4 cm³/mol. The van der Waals surface area contributed by atoms with Crippen molar-refractivity contribution < 1.29 is 4.79 Å². The highest BCUT2D eigenvalue weighted by atomic mass is 16.2. The van der Waals surface area contributed by atoms with Gasteiger partial charge < -0.3 is 4.90 Å². The van der Waals surface area contributed by atoms with E-state index in [1.807, 2.05) is 45.9 Å². The lowest BCUT2D eigenvalue weighted by Crippen LogP contribution is -2.31. The van der Waals surface area contributed by atoms with Gasteiger partial charge >= 0.3 is 0 Å². The van der Waals surface area contributed by atoms with Crippen molar-refractivity contribution >= 4 is 11.6 Å². The molecule has 0 N–H and O–H groups in total. The van der Waals surface area contributed by atoms with E-state index in [0.29, 0.717) is 12.8 Å². The van der Waals surface area contributed by atoms with Crippen LogP contribution >= 0.6 is 0 Å². The van der Waals surface area contributed by atoms with Crippen molar-refractivity contribution in [3.8, 4) is 5.69 Å². The maximum Gasteiger partial charge on any atom is 0.227 e. The first-order chi connectivity index (χ1) is 12.8. The number of fused-ring (bicyclic) bond motifs is 2. The number of rotatable bonds is 4. The maximum atomic E-state index is 12.9. The fourth-order valence-electron chi connectivity index (χ4n) is 4.02. The molecule has 1 saturated carbocycles. The normalized spacial score (nSPS) is 16.7. The first-order valence-corrected chi connectivity index (χ1v) is 9.11. The second-order valence-corrected chi connectivity index (χ2v) is 7.23. The molecule has 1 amide bonds. The lowest BCUT2D eigenvalue weighted by Gasteiger charge is -2.18. The number of hydrogen-bond donors (Lipinski definition) is 0. The summed E-state index contributed by atoms with van der Waals surface area (Å²) in [6.07, 6.45) is 5.11. The number of benzene rings is 2. The minimum atomic E-state index is 0.170. The Kier molecular flexibility index (Phi) is 3.42. The van der Waals surface area contributed by atoms with Crippen LogP contribution < -0.4 is 4.90 Å². The molecule has 26 heavy (non-hydrogen) atoms. The molecule has 0 unspecified atom stereocenters. The van der Waals surface area contributed by atoms with Gasteiger partial charge in [0.1, 0.15) is 12.2 Å². The number of para-hydroxylation sites is 2. The number of amides is 1. The summed E-state index contributed by atoms with van der Waals surface area (Å²) >= 11 is 0. The topological polar surface area (TPSA) is 51.0 Å². The molecule has 2 heterocycles. The maximum absolute atomic E-state index is 12.9. The Balaban J connectivity index is 1.33. The highest BCUT2D eigenvalue weighted by Gasteiger charge is 2.52. The van der Waals surface area contributed by atoms with Crippen molar-refractivity contribution in [2.75, 3.05) is 11.4 Å². The van der Waals surface area contributed by atoms with Gasteiger partial charge in [-0.05, 0) is 36.6 Å². The molecule has 3 aromatic rings. The Bertz CT molecular complexity index is 959. The summed E-state index contributed by atoms with van der Waals surface area (Å²) in [5, 5.41) is 8.25. The van der Waals surface area contributed by atoms with Crippen molar-refractivity contribution in [3.63, 3.8) is 0 Å². The molecule has 1 fully saturated rings. The van der Waals surface area contributed by atoms with Gasteiger partial charge in [0.25, 0.3) is 0 Å². The summed E-state index contributed by atoms with van der Waals surface area (Å²) in [5.74, 6) is 0.988. The first-order valence-electron chi connectivity index (χ1n) is 9.11. The molecule has 1 aromatic heterocycles. The van der Waals surface area contributed by atoms with Crippen molar-refractivity contribution in [2.24, 2.45) is 0 Å². The van der Waals surface area contributed by atoms with Crippen molar-refractivity contribution in [1.82, 2.24) is 14.8 Å². The minimum Gasteiger partial charge on any atom is -0.311 e. The molecule has 1 aliphatic carbocycles. The van der Waals surface area contributed by atoms with E-state index >= 15 is 0 Å². The third kappa shape index (κ3) is 2.43. The highest BCUT2D eigenvalue weighted by Crippen LogP contribution is 2.56. The van der Waals surface area contributed by atoms with E-state index in [0.717, 1.165) is 23.7 Å². The van der Waals surface area contributed by atoms with Crippen LogP contribution in [0, 0.1) is 0 Å². The van der Waals surface area contributed by atoms with Crippen LogP contribution in [0.2, 0.25) is 0 Å². The lowest BCUT2D eigenvalue weighted by molar-refractivity contribution is -0.118. The van der Waals surface area contributed by atoms with Gasteiger partial charge in [0, 0.05) is 36.2 Å². The molecule has 1 spiro atoms. The Morgan fingerprint density at radius 3 is 2.62 bits per heavy atom. The van der Waals surface area contributed by atoms with E-state index in [4.69, 9.17) is 0 Å². The predicted octanol–water partition coefficient (Wildman–Crippen LogP) is 3.28. The molecule has 130 valence electrons. The van der Waals surface area contributed by atoms with Gasteiger partial charge in [0.05, 0.1) is 0 Å². The number of hydrogen-bond acceptors (Lipinski definition) is 3. The lowest BCUT2D eigenvalue weighted by atomic mass is 9.99. The molecule has 1 aliphatic heterocycles. The van der Waals surface area contributed by atoms with Gasteiger partial charge in [-0.3, -0.25) is 9.36 Å². The molecule has 0 bridgehead atoms. The van der Waals surface area contributed by atoms with Gasteiger partial charge in [-0.15, -0.1) is 10.2 Å². The van der Waals surface area contributed by atoms with Crippen molar-refractivity contribution in [2.45, 2.75) is 31.1 Å². The van der Waals surface area contributed by atoms with Crippen LogP contribution in [0.4, 0.5) is 5.69 Å². The van der Waals surface area contributed by atoms with E-state index in [-0.39, 0.29) is 11.3 Å². The third-order valence-electron chi connectivity index (χ3n) is 5.60. The Morgan fingerprint density at radius 1 is 1.04 bits per heavy atom. The second kappa shape index (κ2) is 5.80. The molecule has 0 atom stereocenters. The fraction of sp³-hybridized carbons (Fsp3) is 0.286. The largest absolute Gasteiger partial charge is 0.311 e. The molecule has 5 heteroatoms. The van der Waals surface area contributed by atoms with Crippen LogP contribution in [-0.2, 0) is 16.6 Å². The quantitative estimate of drug-likeness (QED) is 0.730. The van der Waals surface area contributed by atoms with Crippen LogP contribution in [-0.4, -0.2) is 27.2 Å². The van der Waals surface area contributed by atoms with Crippen molar-refractivity contribution in [3.05, 3.63) is 72.3 Å². The Labute approximate surface area is 152 Å². The molecule has 0 radical (unpaired) electrons. The number of carbonyl (C=O) groups is 1. The smallest absolute Gasteiger partial charge is 0.227 e. The highest BCUT2D eigenvalue weighted by molar-refractivity contribution is 5.96. The van der Waals surface area contributed by atoms with Gasteiger partial charge in [-0.2, -0.15) is 0 Å². The van der Waals surface area contributed by atoms with Gasteiger partial charge in [0.2, 0.25) is 5.91 Å². The van der Waals surface area contributed by atoms with Crippen LogP contribution in [0.25, 0.3) is 5.69 Å². The number of anilines is 1. The van der Waals surface area contributed by atoms with Gasteiger partial charge in [0.15, 0.2) is 0 Å². The van der Waals surface area contributed by atoms with E-state index < -0.39 is 0 Å². The molecule has 0 saturated heterocycles. The van der Waals surface area contributed by atoms with Crippen molar-refractivity contribution in [1.29, 1.82) is 0 Å². The average molecular weight is 344 g/mol. The summed E-state index contributed by atoms with van der Waals surface area (Å²) in [7, 11) is 0. The standard InChI is InChI=1S/C21H20N4O/c26-20(24-14-21(12-13-21)17-8-4-5-9-18(17)24)11-10-19-23-22-15-25(19)16-6-2-1-3-7-16/h1-9,15H,10-14H2. The zero-order valence-corrected chi connectivity index (χ0v) is 14.5. The molecular formula is C21H20N4O. The summed E-state index contributed by atoms with van der Waals surface area (Å²) in [5.41, 5.74) is 3.69. The van der Waals surface area contributed by atoms with E-state index in [1.54, 1.807) is 6.33 Å². The van der Waals surface area contributed by atoms with Crippen LogP contribution in [0.15, 0.2) is 60.9 Å². The number of aromatic nitrogens is 3. The van der Waals surface area contributed by atoms with Crippen LogP contribution in [0.3, 0.4) is 0 Å². The summed E-state index contributed by atoms with van der Waals surface area (Å²) in [4.78, 5) is 14.9. The molecule has 2 aliphatic rings. The SMILES string of the molecule is O=C(CCc1nncn1-c1ccccc1)N1CC2(CC2)c2ccccc21. The second-order valence-electron chi connectivity index (χ2n) is 7.23. The molecular weight excluding hydrogens is 324 g/mol.